The van der Waals surface area contributed by atoms with Crippen molar-refractivity contribution in [2.45, 2.75) is 57.5 Å². The molecule has 2 aliphatic rings. The highest BCUT2D eigenvalue weighted by Crippen LogP contribution is 2.35. The standard InChI is InChI=1S/C12H21NO2/c1-9-5-3-2-4-8-13(9)11-7-6-10(11)12(14)15/h9-11H,2-8H2,1H3,(H,14,15). The van der Waals surface area contributed by atoms with Gasteiger partial charge in [0.05, 0.1) is 5.92 Å². The maximum atomic E-state index is 11.0. The monoisotopic (exact) mass is 211 g/mol. The molecule has 0 bridgehead atoms. The molecule has 0 aromatic rings. The average Bonchev–Trinajstić information content (AvgIpc) is 2.29. The average molecular weight is 211 g/mol. The Morgan fingerprint density at radius 2 is 2.00 bits per heavy atom. The van der Waals surface area contributed by atoms with Gasteiger partial charge < -0.3 is 5.11 Å². The van der Waals surface area contributed by atoms with Crippen LogP contribution in [0.1, 0.15) is 45.4 Å². The molecule has 1 saturated carbocycles. The van der Waals surface area contributed by atoms with Crippen LogP contribution in [0.5, 0.6) is 0 Å². The number of nitrogens with zero attached hydrogens (tertiary/aromatic N) is 1. The third-order valence-electron chi connectivity index (χ3n) is 4.09. The zero-order valence-corrected chi connectivity index (χ0v) is 9.48. The number of likely N-dealkylation sites (tertiary alicyclic amines) is 1. The van der Waals surface area contributed by atoms with Crippen molar-refractivity contribution in [2.75, 3.05) is 6.54 Å². The molecule has 3 nitrogen and oxygen atoms in total. The number of hydrogen-bond donors (Lipinski definition) is 1. The molecule has 1 aliphatic carbocycles. The van der Waals surface area contributed by atoms with Gasteiger partial charge in [-0.15, -0.1) is 0 Å². The second kappa shape index (κ2) is 4.52. The first kappa shape index (κ1) is 10.9. The Morgan fingerprint density at radius 3 is 2.60 bits per heavy atom. The van der Waals surface area contributed by atoms with Gasteiger partial charge in [-0.1, -0.05) is 12.8 Å². The van der Waals surface area contributed by atoms with E-state index in [1.165, 1.54) is 25.7 Å². The van der Waals surface area contributed by atoms with Gasteiger partial charge >= 0.3 is 5.97 Å². The lowest BCUT2D eigenvalue weighted by Crippen LogP contribution is -2.53. The normalized spacial score (nSPS) is 38.1. The molecule has 1 N–H and O–H groups in total. The van der Waals surface area contributed by atoms with E-state index < -0.39 is 5.97 Å². The van der Waals surface area contributed by atoms with Crippen molar-refractivity contribution in [2.24, 2.45) is 5.92 Å². The van der Waals surface area contributed by atoms with Gasteiger partial charge in [-0.25, -0.2) is 0 Å². The van der Waals surface area contributed by atoms with Crippen LogP contribution in [0, 0.1) is 5.92 Å². The molecule has 0 aromatic heterocycles. The highest BCUT2D eigenvalue weighted by molar-refractivity contribution is 5.72. The minimum atomic E-state index is -0.595. The predicted octanol–water partition coefficient (Wildman–Crippen LogP) is 2.11. The van der Waals surface area contributed by atoms with Crippen molar-refractivity contribution in [3.63, 3.8) is 0 Å². The molecule has 1 heterocycles. The summed E-state index contributed by atoms with van der Waals surface area (Å²) in [7, 11) is 0. The van der Waals surface area contributed by atoms with Crippen LogP contribution in [-0.4, -0.2) is 34.6 Å². The van der Waals surface area contributed by atoms with Gasteiger partial charge in [-0.3, -0.25) is 9.69 Å². The zero-order chi connectivity index (χ0) is 10.8. The quantitative estimate of drug-likeness (QED) is 0.760. The lowest BCUT2D eigenvalue weighted by Gasteiger charge is -2.44. The molecule has 0 spiro atoms. The van der Waals surface area contributed by atoms with Crippen molar-refractivity contribution in [1.82, 2.24) is 4.90 Å². The third kappa shape index (κ3) is 2.17. The van der Waals surface area contributed by atoms with Crippen molar-refractivity contribution >= 4 is 5.97 Å². The highest BCUT2D eigenvalue weighted by Gasteiger charge is 2.41. The number of aliphatic carboxylic acids is 1. The van der Waals surface area contributed by atoms with Crippen molar-refractivity contribution in [3.05, 3.63) is 0 Å². The maximum Gasteiger partial charge on any atom is 0.308 e. The molecular weight excluding hydrogens is 190 g/mol. The van der Waals surface area contributed by atoms with Crippen molar-refractivity contribution < 1.29 is 9.90 Å². The topological polar surface area (TPSA) is 40.5 Å². The first-order valence-corrected chi connectivity index (χ1v) is 6.18. The summed E-state index contributed by atoms with van der Waals surface area (Å²) in [4.78, 5) is 13.5. The Labute approximate surface area is 91.5 Å². The highest BCUT2D eigenvalue weighted by atomic mass is 16.4. The van der Waals surface area contributed by atoms with E-state index in [0.717, 1.165) is 19.4 Å². The van der Waals surface area contributed by atoms with Crippen LogP contribution in [0.3, 0.4) is 0 Å². The van der Waals surface area contributed by atoms with Crippen LogP contribution < -0.4 is 0 Å². The van der Waals surface area contributed by atoms with Gasteiger partial charge in [0.25, 0.3) is 0 Å². The summed E-state index contributed by atoms with van der Waals surface area (Å²) in [6, 6.07) is 0.912. The molecular formula is C12H21NO2. The minimum absolute atomic E-state index is 0.0921. The molecule has 0 aromatic carbocycles. The molecule has 2 fully saturated rings. The predicted molar refractivity (Wildman–Crippen MR) is 58.8 cm³/mol. The van der Waals surface area contributed by atoms with Crippen LogP contribution in [0.25, 0.3) is 0 Å². The summed E-state index contributed by atoms with van der Waals surface area (Å²) in [5.41, 5.74) is 0. The molecule has 1 aliphatic heterocycles. The molecule has 3 unspecified atom stereocenters. The van der Waals surface area contributed by atoms with Gasteiger partial charge in [-0.2, -0.15) is 0 Å². The fourth-order valence-corrected chi connectivity index (χ4v) is 2.96. The molecule has 0 amide bonds. The minimum Gasteiger partial charge on any atom is -0.481 e. The summed E-state index contributed by atoms with van der Waals surface area (Å²) in [5.74, 6) is -0.687. The first-order chi connectivity index (χ1) is 7.20. The second-order valence-electron chi connectivity index (χ2n) is 5.03. The van der Waals surface area contributed by atoms with Crippen LogP contribution in [0.4, 0.5) is 0 Å². The van der Waals surface area contributed by atoms with Crippen LogP contribution in [-0.2, 0) is 4.79 Å². The molecule has 0 radical (unpaired) electrons. The van der Waals surface area contributed by atoms with Crippen LogP contribution in [0.2, 0.25) is 0 Å². The zero-order valence-electron chi connectivity index (χ0n) is 9.48. The number of carbonyl (C=O) groups is 1. The Kier molecular flexibility index (Phi) is 3.29. The number of rotatable bonds is 2. The van der Waals surface area contributed by atoms with Crippen molar-refractivity contribution in [1.29, 1.82) is 0 Å². The van der Waals surface area contributed by atoms with E-state index in [4.69, 9.17) is 5.11 Å². The SMILES string of the molecule is CC1CCCCCN1C1CCC1C(=O)O. The lowest BCUT2D eigenvalue weighted by molar-refractivity contribution is -0.149. The Bertz CT molecular complexity index is 242. The van der Waals surface area contributed by atoms with E-state index in [2.05, 4.69) is 11.8 Å². The van der Waals surface area contributed by atoms with Gasteiger partial charge in [0.2, 0.25) is 0 Å². The van der Waals surface area contributed by atoms with Crippen LogP contribution >= 0.6 is 0 Å². The second-order valence-corrected chi connectivity index (χ2v) is 5.03. The fourth-order valence-electron chi connectivity index (χ4n) is 2.96. The van der Waals surface area contributed by atoms with Gasteiger partial charge in [0, 0.05) is 12.1 Å². The lowest BCUT2D eigenvalue weighted by atomic mass is 9.78. The summed E-state index contributed by atoms with van der Waals surface area (Å²) >= 11 is 0. The Balaban J connectivity index is 1.98. The Morgan fingerprint density at radius 1 is 1.20 bits per heavy atom. The van der Waals surface area contributed by atoms with E-state index in [1.54, 1.807) is 0 Å². The summed E-state index contributed by atoms with van der Waals surface area (Å²) in [6.45, 7) is 3.36. The molecule has 3 atom stereocenters. The molecule has 86 valence electrons. The maximum absolute atomic E-state index is 11.0. The van der Waals surface area contributed by atoms with Crippen LogP contribution in [0.15, 0.2) is 0 Å². The van der Waals surface area contributed by atoms with Gasteiger partial charge in [0.1, 0.15) is 0 Å². The van der Waals surface area contributed by atoms with Gasteiger partial charge in [-0.05, 0) is 39.2 Å². The largest absolute Gasteiger partial charge is 0.481 e. The first-order valence-electron chi connectivity index (χ1n) is 6.18. The Hall–Kier alpha value is -0.570. The molecule has 1 saturated heterocycles. The molecule has 3 heteroatoms. The number of hydrogen-bond acceptors (Lipinski definition) is 2. The van der Waals surface area contributed by atoms with E-state index >= 15 is 0 Å². The summed E-state index contributed by atoms with van der Waals surface area (Å²) in [5, 5.41) is 9.06. The molecule has 15 heavy (non-hydrogen) atoms. The third-order valence-corrected chi connectivity index (χ3v) is 4.09. The summed E-state index contributed by atoms with van der Waals surface area (Å²) in [6.07, 6.45) is 7.06. The van der Waals surface area contributed by atoms with E-state index in [9.17, 15) is 4.79 Å². The van der Waals surface area contributed by atoms with Crippen molar-refractivity contribution in [3.8, 4) is 0 Å². The number of carboxylic acids is 1. The summed E-state index contributed by atoms with van der Waals surface area (Å²) < 4.78 is 0. The molecule has 2 rings (SSSR count). The van der Waals surface area contributed by atoms with Gasteiger partial charge in [0.15, 0.2) is 0 Å². The van der Waals surface area contributed by atoms with E-state index in [0.29, 0.717) is 12.1 Å². The smallest absolute Gasteiger partial charge is 0.308 e. The van der Waals surface area contributed by atoms with E-state index in [1.807, 2.05) is 0 Å². The van der Waals surface area contributed by atoms with E-state index in [-0.39, 0.29) is 5.92 Å². The number of carboxylic acid groups (broad SMARTS) is 1. The fraction of sp³-hybridized carbons (Fsp3) is 0.917.